The molecule has 0 saturated heterocycles. The van der Waals surface area contributed by atoms with Gasteiger partial charge in [0.25, 0.3) is 11.5 Å². The number of nitrogens with zero attached hydrogens (tertiary/aromatic N) is 3. The molecule has 6 heteroatoms. The van der Waals surface area contributed by atoms with Gasteiger partial charge in [0.1, 0.15) is 0 Å². The van der Waals surface area contributed by atoms with Crippen molar-refractivity contribution in [2.24, 2.45) is 0 Å². The molecule has 0 radical (unpaired) electrons. The maximum absolute atomic E-state index is 13.1. The molecule has 1 aromatic heterocycles. The van der Waals surface area contributed by atoms with E-state index in [-0.39, 0.29) is 29.0 Å². The van der Waals surface area contributed by atoms with E-state index in [9.17, 15) is 9.59 Å². The zero-order chi connectivity index (χ0) is 18.7. The lowest BCUT2D eigenvalue weighted by Gasteiger charge is -2.31. The molecule has 0 unspecified atom stereocenters. The summed E-state index contributed by atoms with van der Waals surface area (Å²) in [7, 11) is 3.26. The van der Waals surface area contributed by atoms with Crippen LogP contribution < -0.4 is 10.3 Å². The van der Waals surface area contributed by atoms with Gasteiger partial charge in [0.05, 0.1) is 18.9 Å². The molecule has 3 rings (SSSR count). The van der Waals surface area contributed by atoms with Crippen LogP contribution in [0, 0.1) is 6.92 Å². The first kappa shape index (κ1) is 18.2. The summed E-state index contributed by atoms with van der Waals surface area (Å²) in [6.45, 7) is 1.91. The van der Waals surface area contributed by atoms with Crippen LogP contribution in [-0.4, -0.2) is 40.8 Å². The second kappa shape index (κ2) is 7.72. The predicted molar refractivity (Wildman–Crippen MR) is 100 cm³/mol. The van der Waals surface area contributed by atoms with Gasteiger partial charge in [-0.25, -0.2) is 0 Å². The van der Waals surface area contributed by atoms with E-state index in [4.69, 9.17) is 4.74 Å². The molecule has 1 heterocycles. The van der Waals surface area contributed by atoms with E-state index in [0.29, 0.717) is 5.69 Å². The van der Waals surface area contributed by atoms with E-state index < -0.39 is 0 Å². The van der Waals surface area contributed by atoms with Crippen molar-refractivity contribution in [3.63, 3.8) is 0 Å². The molecule has 1 aliphatic carbocycles. The van der Waals surface area contributed by atoms with E-state index in [2.05, 4.69) is 5.10 Å². The van der Waals surface area contributed by atoms with Crippen molar-refractivity contribution in [2.45, 2.75) is 45.1 Å². The number of amides is 1. The first-order chi connectivity index (χ1) is 12.5. The van der Waals surface area contributed by atoms with E-state index in [1.165, 1.54) is 24.3 Å². The van der Waals surface area contributed by atoms with Gasteiger partial charge in [0, 0.05) is 13.1 Å². The van der Waals surface area contributed by atoms with E-state index >= 15 is 0 Å². The minimum absolute atomic E-state index is 0.170. The Bertz CT molecular complexity index is 854. The van der Waals surface area contributed by atoms with Crippen molar-refractivity contribution in [1.29, 1.82) is 0 Å². The highest BCUT2D eigenvalue weighted by Gasteiger charge is 2.27. The van der Waals surface area contributed by atoms with Gasteiger partial charge in [-0.3, -0.25) is 9.59 Å². The Morgan fingerprint density at radius 1 is 1.23 bits per heavy atom. The van der Waals surface area contributed by atoms with Crippen molar-refractivity contribution >= 4 is 5.91 Å². The molecular formula is C20H25N3O3. The maximum Gasteiger partial charge on any atom is 0.278 e. The van der Waals surface area contributed by atoms with Crippen LogP contribution in [0.2, 0.25) is 0 Å². The summed E-state index contributed by atoms with van der Waals surface area (Å²) < 4.78 is 6.56. The number of hydrogen-bond donors (Lipinski definition) is 0. The normalized spacial score (nSPS) is 14.9. The minimum atomic E-state index is -0.326. The molecule has 26 heavy (non-hydrogen) atoms. The van der Waals surface area contributed by atoms with Gasteiger partial charge in [-0.15, -0.1) is 0 Å². The molecule has 0 atom stereocenters. The number of rotatable bonds is 4. The number of ether oxygens (including phenoxy) is 1. The molecular weight excluding hydrogens is 330 g/mol. The number of hydrogen-bond acceptors (Lipinski definition) is 4. The number of benzene rings is 1. The van der Waals surface area contributed by atoms with Crippen LogP contribution in [0.5, 0.6) is 5.75 Å². The summed E-state index contributed by atoms with van der Waals surface area (Å²) in [6.07, 6.45) is 5.49. The van der Waals surface area contributed by atoms with E-state index in [1.54, 1.807) is 4.90 Å². The average molecular weight is 355 g/mol. The van der Waals surface area contributed by atoms with Crippen molar-refractivity contribution in [1.82, 2.24) is 14.7 Å². The highest BCUT2D eigenvalue weighted by molar-refractivity contribution is 5.94. The van der Waals surface area contributed by atoms with Gasteiger partial charge >= 0.3 is 0 Å². The minimum Gasteiger partial charge on any atom is -0.494 e. The van der Waals surface area contributed by atoms with Crippen LogP contribution in [0.25, 0.3) is 5.69 Å². The fraction of sp³-hybridized carbons (Fsp3) is 0.450. The van der Waals surface area contributed by atoms with Crippen molar-refractivity contribution in [2.75, 3.05) is 14.2 Å². The average Bonchev–Trinajstić information content (AvgIpc) is 2.68. The van der Waals surface area contributed by atoms with E-state index in [1.807, 2.05) is 38.2 Å². The molecule has 6 nitrogen and oxygen atoms in total. The summed E-state index contributed by atoms with van der Waals surface area (Å²) >= 11 is 0. The topological polar surface area (TPSA) is 64.4 Å². The third-order valence-corrected chi connectivity index (χ3v) is 5.11. The summed E-state index contributed by atoms with van der Waals surface area (Å²) in [5, 5.41) is 4.38. The Balaban J connectivity index is 2.03. The van der Waals surface area contributed by atoms with Crippen LogP contribution in [0.15, 0.2) is 35.1 Å². The molecule has 0 spiro atoms. The number of aryl methyl sites for hydroxylation is 1. The van der Waals surface area contributed by atoms with Crippen LogP contribution in [-0.2, 0) is 0 Å². The van der Waals surface area contributed by atoms with E-state index in [0.717, 1.165) is 31.2 Å². The van der Waals surface area contributed by atoms with Gasteiger partial charge in [-0.05, 0) is 31.4 Å². The summed E-state index contributed by atoms with van der Waals surface area (Å²) in [5.41, 5.74) is 1.41. The maximum atomic E-state index is 13.1. The lowest BCUT2D eigenvalue weighted by atomic mass is 9.94. The first-order valence-corrected chi connectivity index (χ1v) is 9.04. The van der Waals surface area contributed by atoms with Crippen molar-refractivity contribution < 1.29 is 9.53 Å². The lowest BCUT2D eigenvalue weighted by Crippen LogP contribution is -2.39. The highest BCUT2D eigenvalue weighted by Crippen LogP contribution is 2.24. The number of para-hydroxylation sites is 1. The smallest absolute Gasteiger partial charge is 0.278 e. The third kappa shape index (κ3) is 3.49. The number of carbonyl (C=O) groups is 1. The molecule has 1 aromatic carbocycles. The van der Waals surface area contributed by atoms with Gasteiger partial charge < -0.3 is 9.64 Å². The largest absolute Gasteiger partial charge is 0.494 e. The van der Waals surface area contributed by atoms with Crippen LogP contribution in [0.4, 0.5) is 0 Å². The number of methoxy groups -OCH3 is 1. The van der Waals surface area contributed by atoms with Gasteiger partial charge in [-0.1, -0.05) is 37.5 Å². The number of aromatic nitrogens is 2. The zero-order valence-electron chi connectivity index (χ0n) is 15.6. The SMILES string of the molecule is COc1cc(=O)n(-c2ccccc2C)nc1C(=O)N(C)C1CCCCC1. The highest BCUT2D eigenvalue weighted by atomic mass is 16.5. The standard InChI is InChI=1S/C20H25N3O3/c1-14-9-7-8-12-16(14)23-18(24)13-17(26-3)19(21-23)20(25)22(2)15-10-5-4-6-11-15/h7-9,12-13,15H,4-6,10-11H2,1-3H3. The molecule has 138 valence electrons. The molecule has 0 N–H and O–H groups in total. The first-order valence-electron chi connectivity index (χ1n) is 9.04. The Labute approximate surface area is 153 Å². The fourth-order valence-electron chi connectivity index (χ4n) is 3.52. The molecule has 1 fully saturated rings. The van der Waals surface area contributed by atoms with Crippen LogP contribution >= 0.6 is 0 Å². The van der Waals surface area contributed by atoms with Crippen molar-refractivity contribution in [3.8, 4) is 11.4 Å². The Morgan fingerprint density at radius 2 is 1.92 bits per heavy atom. The zero-order valence-corrected chi connectivity index (χ0v) is 15.6. The summed E-state index contributed by atoms with van der Waals surface area (Å²) in [6, 6.07) is 9.01. The Kier molecular flexibility index (Phi) is 5.40. The number of carbonyl (C=O) groups excluding carboxylic acids is 1. The second-order valence-corrected chi connectivity index (χ2v) is 6.81. The predicted octanol–water partition coefficient (Wildman–Crippen LogP) is 2.95. The molecule has 1 saturated carbocycles. The Hall–Kier alpha value is -2.63. The fourth-order valence-corrected chi connectivity index (χ4v) is 3.52. The monoisotopic (exact) mass is 355 g/mol. The van der Waals surface area contributed by atoms with Crippen LogP contribution in [0.1, 0.15) is 48.2 Å². The molecule has 1 aliphatic rings. The summed E-state index contributed by atoms with van der Waals surface area (Å²) in [5.74, 6) is 0.00331. The quantitative estimate of drug-likeness (QED) is 0.846. The lowest BCUT2D eigenvalue weighted by molar-refractivity contribution is 0.0684. The van der Waals surface area contributed by atoms with Gasteiger partial charge in [0.15, 0.2) is 11.4 Å². The molecule has 1 amide bonds. The molecule has 2 aromatic rings. The third-order valence-electron chi connectivity index (χ3n) is 5.11. The Morgan fingerprint density at radius 3 is 2.58 bits per heavy atom. The van der Waals surface area contributed by atoms with Gasteiger partial charge in [0.2, 0.25) is 0 Å². The second-order valence-electron chi connectivity index (χ2n) is 6.81. The summed E-state index contributed by atoms with van der Waals surface area (Å²) in [4.78, 5) is 27.3. The van der Waals surface area contributed by atoms with Crippen LogP contribution in [0.3, 0.4) is 0 Å². The van der Waals surface area contributed by atoms with Gasteiger partial charge in [-0.2, -0.15) is 9.78 Å². The van der Waals surface area contributed by atoms with Crippen molar-refractivity contribution in [3.05, 3.63) is 51.9 Å². The molecule has 0 bridgehead atoms. The molecule has 0 aliphatic heterocycles.